The van der Waals surface area contributed by atoms with Crippen LogP contribution in [0.15, 0.2) is 10.5 Å². The number of carbonyl (C=O) groups excluding carboxylic acids is 2. The SMILES string of the molecule is CCC(CC)(CN)C(=O)N1CCC(NC(=O)c2cc(C)oc2C)CC1.Cl. The Labute approximate surface area is 162 Å². The molecule has 148 valence electrons. The quantitative estimate of drug-likeness (QED) is 0.788. The van der Waals surface area contributed by atoms with Gasteiger partial charge in [0, 0.05) is 25.7 Å². The zero-order valence-electron chi connectivity index (χ0n) is 16.3. The number of hydrogen-bond acceptors (Lipinski definition) is 4. The van der Waals surface area contributed by atoms with Crippen molar-refractivity contribution in [1.29, 1.82) is 0 Å². The highest BCUT2D eigenvalue weighted by Crippen LogP contribution is 2.29. The van der Waals surface area contributed by atoms with Crippen molar-refractivity contribution in [2.75, 3.05) is 19.6 Å². The van der Waals surface area contributed by atoms with Crippen LogP contribution >= 0.6 is 12.4 Å². The van der Waals surface area contributed by atoms with Crippen LogP contribution in [0.3, 0.4) is 0 Å². The van der Waals surface area contributed by atoms with Crippen LogP contribution in [0.25, 0.3) is 0 Å². The fourth-order valence-electron chi connectivity index (χ4n) is 3.61. The minimum atomic E-state index is -0.443. The van der Waals surface area contributed by atoms with Crippen molar-refractivity contribution in [1.82, 2.24) is 10.2 Å². The Kier molecular flexibility index (Phi) is 8.15. The van der Waals surface area contributed by atoms with Crippen LogP contribution in [0.4, 0.5) is 0 Å². The molecule has 2 rings (SSSR count). The summed E-state index contributed by atoms with van der Waals surface area (Å²) in [6.45, 7) is 9.38. The first-order chi connectivity index (χ1) is 11.9. The maximum Gasteiger partial charge on any atom is 0.255 e. The first kappa shape index (κ1) is 22.5. The monoisotopic (exact) mass is 385 g/mol. The Morgan fingerprint density at radius 1 is 1.27 bits per heavy atom. The topological polar surface area (TPSA) is 88.6 Å². The molecule has 2 amide bonds. The van der Waals surface area contributed by atoms with Crippen LogP contribution in [0, 0.1) is 19.3 Å². The number of furan rings is 1. The van der Waals surface area contributed by atoms with Crippen molar-refractivity contribution >= 4 is 24.2 Å². The zero-order valence-corrected chi connectivity index (χ0v) is 17.1. The van der Waals surface area contributed by atoms with Gasteiger partial charge in [-0.25, -0.2) is 0 Å². The molecule has 0 saturated carbocycles. The highest BCUT2D eigenvalue weighted by atomic mass is 35.5. The first-order valence-corrected chi connectivity index (χ1v) is 9.24. The summed E-state index contributed by atoms with van der Waals surface area (Å²) in [6, 6.07) is 1.85. The average Bonchev–Trinajstić information content (AvgIpc) is 2.96. The number of halogens is 1. The van der Waals surface area contributed by atoms with Crippen molar-refractivity contribution in [3.8, 4) is 0 Å². The predicted molar refractivity (Wildman–Crippen MR) is 105 cm³/mol. The van der Waals surface area contributed by atoms with Crippen molar-refractivity contribution in [3.63, 3.8) is 0 Å². The van der Waals surface area contributed by atoms with Gasteiger partial charge in [0.15, 0.2) is 0 Å². The molecule has 0 bridgehead atoms. The van der Waals surface area contributed by atoms with Crippen LogP contribution < -0.4 is 11.1 Å². The molecule has 0 spiro atoms. The van der Waals surface area contributed by atoms with Gasteiger partial charge >= 0.3 is 0 Å². The summed E-state index contributed by atoms with van der Waals surface area (Å²) < 4.78 is 5.42. The zero-order chi connectivity index (χ0) is 18.6. The Bertz CT molecular complexity index is 609. The number of nitrogens with one attached hydrogen (secondary N) is 1. The van der Waals surface area contributed by atoms with Crippen LogP contribution in [-0.4, -0.2) is 42.4 Å². The third-order valence-electron chi connectivity index (χ3n) is 5.60. The number of likely N-dealkylation sites (tertiary alicyclic amines) is 1. The molecule has 26 heavy (non-hydrogen) atoms. The van der Waals surface area contributed by atoms with Gasteiger partial charge in [-0.2, -0.15) is 0 Å². The van der Waals surface area contributed by atoms with Crippen LogP contribution in [0.1, 0.15) is 61.4 Å². The molecule has 1 fully saturated rings. The van der Waals surface area contributed by atoms with Crippen LogP contribution in [0.5, 0.6) is 0 Å². The maximum absolute atomic E-state index is 12.9. The van der Waals surface area contributed by atoms with Gasteiger partial charge < -0.3 is 20.4 Å². The molecule has 1 aromatic heterocycles. The molecule has 0 aliphatic carbocycles. The lowest BCUT2D eigenvalue weighted by Crippen LogP contribution is -2.52. The summed E-state index contributed by atoms with van der Waals surface area (Å²) in [7, 11) is 0. The van der Waals surface area contributed by atoms with Crippen molar-refractivity contribution in [3.05, 3.63) is 23.2 Å². The molecule has 1 aromatic rings. The van der Waals surface area contributed by atoms with Gasteiger partial charge in [0.2, 0.25) is 5.91 Å². The second kappa shape index (κ2) is 9.42. The third kappa shape index (κ3) is 4.60. The van der Waals surface area contributed by atoms with Crippen molar-refractivity contribution in [2.45, 2.75) is 59.4 Å². The number of carbonyl (C=O) groups is 2. The average molecular weight is 386 g/mol. The molecule has 0 unspecified atom stereocenters. The number of piperidine rings is 1. The van der Waals surface area contributed by atoms with Gasteiger partial charge in [-0.3, -0.25) is 9.59 Å². The molecule has 0 atom stereocenters. The van der Waals surface area contributed by atoms with E-state index in [4.69, 9.17) is 10.2 Å². The molecular weight excluding hydrogens is 354 g/mol. The number of nitrogens with two attached hydrogens (primary N) is 1. The number of amides is 2. The highest BCUT2D eigenvalue weighted by Gasteiger charge is 2.38. The van der Waals surface area contributed by atoms with Crippen LogP contribution in [0.2, 0.25) is 0 Å². The summed E-state index contributed by atoms with van der Waals surface area (Å²) in [5.41, 5.74) is 6.05. The molecule has 7 heteroatoms. The van der Waals surface area contributed by atoms with E-state index in [0.717, 1.165) is 31.4 Å². The summed E-state index contributed by atoms with van der Waals surface area (Å²) in [4.78, 5) is 27.2. The summed E-state index contributed by atoms with van der Waals surface area (Å²) in [5.74, 6) is 1.44. The van der Waals surface area contributed by atoms with Gasteiger partial charge in [-0.05, 0) is 45.6 Å². The van der Waals surface area contributed by atoms with Crippen molar-refractivity contribution in [2.24, 2.45) is 11.1 Å². The predicted octanol–water partition coefficient (Wildman–Crippen LogP) is 2.80. The summed E-state index contributed by atoms with van der Waals surface area (Å²) >= 11 is 0. The molecule has 6 nitrogen and oxygen atoms in total. The first-order valence-electron chi connectivity index (χ1n) is 9.24. The van der Waals surface area contributed by atoms with E-state index in [0.29, 0.717) is 31.0 Å². The third-order valence-corrected chi connectivity index (χ3v) is 5.60. The van der Waals surface area contributed by atoms with E-state index in [2.05, 4.69) is 5.32 Å². The fourth-order valence-corrected chi connectivity index (χ4v) is 3.61. The Balaban J connectivity index is 0.00000338. The molecule has 3 N–H and O–H groups in total. The van der Waals surface area contributed by atoms with E-state index >= 15 is 0 Å². The minimum Gasteiger partial charge on any atom is -0.466 e. The summed E-state index contributed by atoms with van der Waals surface area (Å²) in [6.07, 6.45) is 3.05. The van der Waals surface area contributed by atoms with E-state index in [1.807, 2.05) is 25.7 Å². The normalized spacial score (nSPS) is 15.5. The Hall–Kier alpha value is -1.53. The number of hydrogen-bond donors (Lipinski definition) is 2. The standard InChI is InChI=1S/C19H31N3O3.ClH/c1-5-19(6-2,12-20)18(24)22-9-7-15(8-10-22)21-17(23)16-11-13(3)25-14(16)4;/h11,15H,5-10,12,20H2,1-4H3,(H,21,23);1H. The lowest BCUT2D eigenvalue weighted by molar-refractivity contribution is -0.143. The van der Waals surface area contributed by atoms with E-state index in [-0.39, 0.29) is 30.3 Å². The molecule has 1 saturated heterocycles. The van der Waals surface area contributed by atoms with E-state index in [1.54, 1.807) is 13.0 Å². The minimum absolute atomic E-state index is 0. The largest absolute Gasteiger partial charge is 0.466 e. The number of aryl methyl sites for hydroxylation is 2. The fraction of sp³-hybridized carbons (Fsp3) is 0.684. The van der Waals surface area contributed by atoms with Gasteiger partial charge in [-0.15, -0.1) is 12.4 Å². The van der Waals surface area contributed by atoms with Gasteiger partial charge in [0.1, 0.15) is 11.5 Å². The molecule has 1 aliphatic heterocycles. The molecular formula is C19H32ClN3O3. The lowest BCUT2D eigenvalue weighted by Gasteiger charge is -2.39. The van der Waals surface area contributed by atoms with Gasteiger partial charge in [-0.1, -0.05) is 13.8 Å². The van der Waals surface area contributed by atoms with Crippen molar-refractivity contribution < 1.29 is 14.0 Å². The van der Waals surface area contributed by atoms with E-state index < -0.39 is 5.41 Å². The molecule has 0 radical (unpaired) electrons. The van der Waals surface area contributed by atoms with E-state index in [1.165, 1.54) is 0 Å². The Morgan fingerprint density at radius 3 is 2.27 bits per heavy atom. The highest BCUT2D eigenvalue weighted by molar-refractivity contribution is 5.95. The summed E-state index contributed by atoms with van der Waals surface area (Å²) in [5, 5.41) is 3.07. The maximum atomic E-state index is 12.9. The lowest BCUT2D eigenvalue weighted by atomic mass is 9.80. The second-order valence-electron chi connectivity index (χ2n) is 7.06. The van der Waals surface area contributed by atoms with Gasteiger partial charge in [0.25, 0.3) is 5.91 Å². The second-order valence-corrected chi connectivity index (χ2v) is 7.06. The molecule has 2 heterocycles. The van der Waals surface area contributed by atoms with Crippen LogP contribution in [-0.2, 0) is 4.79 Å². The number of nitrogens with zero attached hydrogens (tertiary/aromatic N) is 1. The van der Waals surface area contributed by atoms with E-state index in [9.17, 15) is 9.59 Å². The smallest absolute Gasteiger partial charge is 0.255 e. The molecule has 0 aromatic carbocycles. The Morgan fingerprint density at radius 2 is 1.85 bits per heavy atom. The molecule has 1 aliphatic rings. The van der Waals surface area contributed by atoms with Gasteiger partial charge in [0.05, 0.1) is 11.0 Å². The number of rotatable bonds is 6.